The summed E-state index contributed by atoms with van der Waals surface area (Å²) < 4.78 is 14.5. The van der Waals surface area contributed by atoms with Gasteiger partial charge in [-0.3, -0.25) is 14.9 Å². The Morgan fingerprint density at radius 3 is 2.22 bits per heavy atom. The number of carbonyl (C=O) groups excluding carboxylic acids is 3. The maximum atomic E-state index is 12.0. The zero-order valence-corrected chi connectivity index (χ0v) is 15.5. The van der Waals surface area contributed by atoms with E-state index in [4.69, 9.17) is 16.3 Å². The minimum Gasteiger partial charge on any atom is -0.468 e. The van der Waals surface area contributed by atoms with Crippen LogP contribution in [0.1, 0.15) is 5.56 Å². The van der Waals surface area contributed by atoms with Gasteiger partial charge >= 0.3 is 18.0 Å². The molecule has 2 aromatic rings. The first-order valence-corrected chi connectivity index (χ1v) is 8.29. The molecule has 142 valence electrons. The van der Waals surface area contributed by atoms with Crippen molar-refractivity contribution in [2.75, 3.05) is 19.5 Å². The van der Waals surface area contributed by atoms with E-state index in [0.29, 0.717) is 16.3 Å². The minimum atomic E-state index is -1.10. The van der Waals surface area contributed by atoms with Crippen molar-refractivity contribution in [2.24, 2.45) is 5.92 Å². The molecule has 8 heteroatoms. The van der Waals surface area contributed by atoms with Crippen molar-refractivity contribution in [3.8, 4) is 5.75 Å². The molecule has 0 unspecified atom stereocenters. The van der Waals surface area contributed by atoms with E-state index in [2.05, 4.69) is 14.8 Å². The second kappa shape index (κ2) is 9.59. The first-order chi connectivity index (χ1) is 12.9. The molecule has 2 rings (SSSR count). The number of esters is 2. The summed E-state index contributed by atoms with van der Waals surface area (Å²) in [6.07, 6.45) is -0.637. The molecule has 0 aromatic heterocycles. The third-order valence-corrected chi connectivity index (χ3v) is 3.86. The molecule has 1 amide bonds. The number of benzene rings is 2. The van der Waals surface area contributed by atoms with Gasteiger partial charge in [0.2, 0.25) is 0 Å². The number of carbonyl (C=O) groups is 3. The highest BCUT2D eigenvalue weighted by Gasteiger charge is 2.29. The molecule has 0 atom stereocenters. The van der Waals surface area contributed by atoms with Gasteiger partial charge in [-0.25, -0.2) is 4.79 Å². The van der Waals surface area contributed by atoms with Crippen LogP contribution >= 0.6 is 11.6 Å². The number of methoxy groups -OCH3 is 2. The van der Waals surface area contributed by atoms with Gasteiger partial charge in [-0.2, -0.15) is 0 Å². The molecular formula is C19H18ClNO6. The van der Waals surface area contributed by atoms with Gasteiger partial charge in [0.15, 0.2) is 5.92 Å². The molecule has 0 fully saturated rings. The third-order valence-electron chi connectivity index (χ3n) is 3.61. The van der Waals surface area contributed by atoms with Crippen molar-refractivity contribution in [3.05, 3.63) is 59.1 Å². The van der Waals surface area contributed by atoms with Crippen molar-refractivity contribution in [2.45, 2.75) is 6.42 Å². The Balaban J connectivity index is 2.05. The van der Waals surface area contributed by atoms with Crippen LogP contribution in [0.5, 0.6) is 5.75 Å². The number of nitrogens with one attached hydrogen (secondary N) is 1. The fourth-order valence-corrected chi connectivity index (χ4v) is 2.43. The Kier molecular flexibility index (Phi) is 7.19. The minimum absolute atomic E-state index is 0.0509. The first kappa shape index (κ1) is 20.3. The van der Waals surface area contributed by atoms with Crippen LogP contribution in [0.4, 0.5) is 10.5 Å². The van der Waals surface area contributed by atoms with Crippen molar-refractivity contribution < 1.29 is 28.6 Å². The zero-order chi connectivity index (χ0) is 19.8. The summed E-state index contributed by atoms with van der Waals surface area (Å²) in [4.78, 5) is 35.6. The molecule has 0 aliphatic rings. The van der Waals surface area contributed by atoms with Gasteiger partial charge in [0.05, 0.1) is 14.2 Å². The Hall–Kier alpha value is -3.06. The van der Waals surface area contributed by atoms with Crippen LogP contribution in [-0.2, 0) is 25.5 Å². The van der Waals surface area contributed by atoms with Gasteiger partial charge in [-0.15, -0.1) is 0 Å². The summed E-state index contributed by atoms with van der Waals surface area (Å²) in [5.41, 5.74) is 1.13. The molecule has 0 heterocycles. The Bertz CT molecular complexity index is 805. The monoisotopic (exact) mass is 391 g/mol. The fraction of sp³-hybridized carbons (Fsp3) is 0.211. The van der Waals surface area contributed by atoms with E-state index in [-0.39, 0.29) is 12.2 Å². The van der Waals surface area contributed by atoms with Gasteiger partial charge in [-0.1, -0.05) is 23.7 Å². The van der Waals surface area contributed by atoms with Gasteiger partial charge < -0.3 is 14.2 Å². The highest BCUT2D eigenvalue weighted by Crippen LogP contribution is 2.19. The topological polar surface area (TPSA) is 90.9 Å². The standard InChI is InChI=1S/C19H18ClNO6/c1-25-17(22)16(18(23)26-2)11-12-4-3-5-15(10-12)27-19(24)21-14-8-6-13(20)7-9-14/h3-10,16H,11H2,1-2H3,(H,21,24). The van der Waals surface area contributed by atoms with Crippen molar-refractivity contribution in [1.82, 2.24) is 0 Å². The van der Waals surface area contributed by atoms with Crippen LogP contribution in [0, 0.1) is 5.92 Å². The van der Waals surface area contributed by atoms with E-state index in [1.807, 2.05) is 0 Å². The van der Waals surface area contributed by atoms with Crippen LogP contribution in [0.25, 0.3) is 0 Å². The molecule has 0 saturated carbocycles. The number of hydrogen-bond acceptors (Lipinski definition) is 6. The van der Waals surface area contributed by atoms with E-state index < -0.39 is 23.9 Å². The Morgan fingerprint density at radius 2 is 1.63 bits per heavy atom. The summed E-state index contributed by atoms with van der Waals surface area (Å²) in [7, 11) is 2.39. The van der Waals surface area contributed by atoms with Crippen molar-refractivity contribution in [1.29, 1.82) is 0 Å². The molecular weight excluding hydrogens is 374 g/mol. The lowest BCUT2D eigenvalue weighted by Crippen LogP contribution is -2.28. The predicted molar refractivity (Wildman–Crippen MR) is 98.8 cm³/mol. The quantitative estimate of drug-likeness (QED) is 0.599. The second-order valence-electron chi connectivity index (χ2n) is 5.47. The summed E-state index contributed by atoms with van der Waals surface area (Å²) in [5.74, 6) is -2.24. The zero-order valence-electron chi connectivity index (χ0n) is 14.7. The van der Waals surface area contributed by atoms with Crippen LogP contribution in [0.15, 0.2) is 48.5 Å². The summed E-state index contributed by atoms with van der Waals surface area (Å²) in [6, 6.07) is 13.0. The van der Waals surface area contributed by atoms with E-state index in [1.165, 1.54) is 14.2 Å². The van der Waals surface area contributed by atoms with E-state index in [9.17, 15) is 14.4 Å². The van der Waals surface area contributed by atoms with Crippen LogP contribution in [-0.4, -0.2) is 32.3 Å². The van der Waals surface area contributed by atoms with Gasteiger partial charge in [0.1, 0.15) is 5.75 Å². The predicted octanol–water partition coefficient (Wildman–Crippen LogP) is 3.46. The van der Waals surface area contributed by atoms with Gasteiger partial charge in [0, 0.05) is 10.7 Å². The molecule has 0 spiro atoms. The van der Waals surface area contributed by atoms with Gasteiger partial charge in [-0.05, 0) is 48.4 Å². The highest BCUT2D eigenvalue weighted by molar-refractivity contribution is 6.30. The van der Waals surface area contributed by atoms with Crippen LogP contribution < -0.4 is 10.1 Å². The molecule has 0 radical (unpaired) electrons. The molecule has 7 nitrogen and oxygen atoms in total. The average molecular weight is 392 g/mol. The first-order valence-electron chi connectivity index (χ1n) is 7.92. The van der Waals surface area contributed by atoms with Crippen LogP contribution in [0.3, 0.4) is 0 Å². The molecule has 0 aliphatic carbocycles. The maximum Gasteiger partial charge on any atom is 0.417 e. The number of ether oxygens (including phenoxy) is 3. The Labute approximate surface area is 161 Å². The molecule has 0 aliphatic heterocycles. The third kappa shape index (κ3) is 6.00. The number of amides is 1. The molecule has 0 bridgehead atoms. The highest BCUT2D eigenvalue weighted by atomic mass is 35.5. The normalized spacial score (nSPS) is 10.2. The average Bonchev–Trinajstić information content (AvgIpc) is 2.67. The Morgan fingerprint density at radius 1 is 1.00 bits per heavy atom. The second-order valence-corrected chi connectivity index (χ2v) is 5.91. The maximum absolute atomic E-state index is 12.0. The number of anilines is 1. The van der Waals surface area contributed by atoms with E-state index >= 15 is 0 Å². The van der Waals surface area contributed by atoms with Crippen molar-refractivity contribution >= 4 is 35.3 Å². The van der Waals surface area contributed by atoms with Gasteiger partial charge in [0.25, 0.3) is 0 Å². The smallest absolute Gasteiger partial charge is 0.417 e. The lowest BCUT2D eigenvalue weighted by Gasteiger charge is -2.13. The summed E-state index contributed by atoms with van der Waals surface area (Å²) >= 11 is 5.79. The van der Waals surface area contributed by atoms with E-state index in [0.717, 1.165) is 0 Å². The van der Waals surface area contributed by atoms with Crippen molar-refractivity contribution in [3.63, 3.8) is 0 Å². The lowest BCUT2D eigenvalue weighted by molar-refractivity contribution is -0.158. The summed E-state index contributed by atoms with van der Waals surface area (Å²) in [6.45, 7) is 0. The number of halogens is 1. The largest absolute Gasteiger partial charge is 0.468 e. The SMILES string of the molecule is COC(=O)C(Cc1cccc(OC(=O)Nc2ccc(Cl)cc2)c1)C(=O)OC. The molecule has 27 heavy (non-hydrogen) atoms. The van der Waals surface area contributed by atoms with Crippen LogP contribution in [0.2, 0.25) is 5.02 Å². The fourth-order valence-electron chi connectivity index (χ4n) is 2.30. The number of rotatable bonds is 6. The van der Waals surface area contributed by atoms with E-state index in [1.54, 1.807) is 48.5 Å². The molecule has 0 saturated heterocycles. The molecule has 1 N–H and O–H groups in total. The summed E-state index contributed by atoms with van der Waals surface area (Å²) in [5, 5.41) is 3.11. The lowest BCUT2D eigenvalue weighted by atomic mass is 9.99. The number of hydrogen-bond donors (Lipinski definition) is 1. The molecule has 2 aromatic carbocycles.